The molecule has 1 heterocycles. The molecule has 0 fully saturated rings. The summed E-state index contributed by atoms with van der Waals surface area (Å²) >= 11 is 1.47. The zero-order valence-electron chi connectivity index (χ0n) is 14.1. The van der Waals surface area contributed by atoms with Crippen LogP contribution in [0.4, 0.5) is 5.69 Å². The Hall–Kier alpha value is -2.41. The lowest BCUT2D eigenvalue weighted by Crippen LogP contribution is -2.26. The second-order valence-corrected chi connectivity index (χ2v) is 7.19. The van der Waals surface area contributed by atoms with Crippen molar-refractivity contribution in [2.75, 3.05) is 18.6 Å². The van der Waals surface area contributed by atoms with Gasteiger partial charge < -0.3 is 14.7 Å². The highest BCUT2D eigenvalue weighted by atomic mass is 32.1. The van der Waals surface area contributed by atoms with E-state index in [2.05, 4.69) is 25.8 Å². The number of hydrogen-bond donors (Lipinski definition) is 1. The van der Waals surface area contributed by atoms with Crippen molar-refractivity contribution in [3.63, 3.8) is 0 Å². The van der Waals surface area contributed by atoms with Crippen LogP contribution in [0.25, 0.3) is 0 Å². The summed E-state index contributed by atoms with van der Waals surface area (Å²) in [4.78, 5) is 29.0. The number of aliphatic carboxylic acids is 1. The standard InChI is InChI=1S/C17H20N2O4S/c1-17(2,3)16-18-13(10-24-16)15(22)19(4)11-5-7-12(8-6-11)23-9-14(20)21/h5-8,10H,9H2,1-4H3,(H,20,21). The van der Waals surface area contributed by atoms with Gasteiger partial charge in [0.15, 0.2) is 6.61 Å². The van der Waals surface area contributed by atoms with Crippen molar-refractivity contribution in [2.24, 2.45) is 0 Å². The molecule has 0 spiro atoms. The largest absolute Gasteiger partial charge is 0.482 e. The van der Waals surface area contributed by atoms with Crippen molar-refractivity contribution in [3.05, 3.63) is 40.3 Å². The minimum absolute atomic E-state index is 0.0924. The summed E-state index contributed by atoms with van der Waals surface area (Å²) in [5.41, 5.74) is 0.997. The van der Waals surface area contributed by atoms with Crippen LogP contribution in [0.15, 0.2) is 29.6 Å². The molecule has 0 aliphatic carbocycles. The molecule has 0 atom stereocenters. The summed E-state index contributed by atoms with van der Waals surface area (Å²) in [6, 6.07) is 6.66. The molecule has 0 aliphatic heterocycles. The highest BCUT2D eigenvalue weighted by Gasteiger charge is 2.22. The minimum Gasteiger partial charge on any atom is -0.482 e. The fourth-order valence-corrected chi connectivity index (χ4v) is 2.80. The molecule has 0 saturated carbocycles. The number of nitrogens with zero attached hydrogens (tertiary/aromatic N) is 2. The predicted octanol–water partition coefficient (Wildman–Crippen LogP) is 3.18. The molecule has 1 aromatic carbocycles. The molecule has 1 amide bonds. The lowest BCUT2D eigenvalue weighted by atomic mass is 9.98. The van der Waals surface area contributed by atoms with E-state index in [1.165, 1.54) is 16.2 Å². The Labute approximate surface area is 144 Å². The van der Waals surface area contributed by atoms with Gasteiger partial charge in [-0.1, -0.05) is 20.8 Å². The van der Waals surface area contributed by atoms with Crippen molar-refractivity contribution in [1.29, 1.82) is 0 Å². The number of anilines is 1. The SMILES string of the molecule is CN(C(=O)c1csc(C(C)(C)C)n1)c1ccc(OCC(=O)O)cc1. The van der Waals surface area contributed by atoms with E-state index in [1.807, 2.05) is 0 Å². The van der Waals surface area contributed by atoms with E-state index in [4.69, 9.17) is 9.84 Å². The van der Waals surface area contributed by atoms with Gasteiger partial charge >= 0.3 is 5.97 Å². The Morgan fingerprint density at radius 3 is 2.38 bits per heavy atom. The number of rotatable bonds is 5. The predicted molar refractivity (Wildman–Crippen MR) is 93.1 cm³/mol. The van der Waals surface area contributed by atoms with Gasteiger partial charge in [-0.2, -0.15) is 0 Å². The lowest BCUT2D eigenvalue weighted by Gasteiger charge is -2.17. The van der Waals surface area contributed by atoms with Gasteiger partial charge in [0.1, 0.15) is 11.4 Å². The lowest BCUT2D eigenvalue weighted by molar-refractivity contribution is -0.139. The van der Waals surface area contributed by atoms with Crippen molar-refractivity contribution in [3.8, 4) is 5.75 Å². The van der Waals surface area contributed by atoms with Gasteiger partial charge in [0.2, 0.25) is 0 Å². The number of carboxylic acid groups (broad SMARTS) is 1. The maximum absolute atomic E-state index is 12.5. The summed E-state index contributed by atoms with van der Waals surface area (Å²) in [7, 11) is 1.67. The number of carbonyl (C=O) groups excluding carboxylic acids is 1. The Morgan fingerprint density at radius 1 is 1.25 bits per heavy atom. The van der Waals surface area contributed by atoms with Crippen molar-refractivity contribution in [2.45, 2.75) is 26.2 Å². The van der Waals surface area contributed by atoms with Gasteiger partial charge in [-0.15, -0.1) is 11.3 Å². The first-order valence-corrected chi connectivity index (χ1v) is 8.25. The first-order valence-electron chi connectivity index (χ1n) is 7.37. The first kappa shape index (κ1) is 17.9. The molecule has 0 saturated heterocycles. The molecular formula is C17H20N2O4S. The highest BCUT2D eigenvalue weighted by molar-refractivity contribution is 7.10. The number of thiazole rings is 1. The smallest absolute Gasteiger partial charge is 0.341 e. The zero-order chi connectivity index (χ0) is 17.9. The topological polar surface area (TPSA) is 79.7 Å². The third-order valence-corrected chi connectivity index (χ3v) is 4.52. The van der Waals surface area contributed by atoms with Gasteiger partial charge in [-0.25, -0.2) is 9.78 Å². The molecule has 1 N–H and O–H groups in total. The number of aromatic nitrogens is 1. The molecule has 6 nitrogen and oxygen atoms in total. The average Bonchev–Trinajstić information content (AvgIpc) is 3.02. The van der Waals surface area contributed by atoms with Crippen molar-refractivity contribution in [1.82, 2.24) is 4.98 Å². The second kappa shape index (κ2) is 7.00. The Morgan fingerprint density at radius 2 is 1.88 bits per heavy atom. The van der Waals surface area contributed by atoms with Crippen molar-refractivity contribution < 1.29 is 19.4 Å². The Bertz CT molecular complexity index is 732. The fraction of sp³-hybridized carbons (Fsp3) is 0.353. The third-order valence-electron chi connectivity index (χ3n) is 3.26. The minimum atomic E-state index is -1.04. The van der Waals surface area contributed by atoms with Crippen LogP contribution < -0.4 is 9.64 Å². The van der Waals surface area contributed by atoms with Gasteiger partial charge in [0.25, 0.3) is 5.91 Å². The fourth-order valence-electron chi connectivity index (χ4n) is 1.92. The van der Waals surface area contributed by atoms with E-state index in [0.717, 1.165) is 5.01 Å². The molecule has 128 valence electrons. The number of ether oxygens (including phenoxy) is 1. The van der Waals surface area contributed by atoms with Gasteiger partial charge in [-0.05, 0) is 24.3 Å². The van der Waals surface area contributed by atoms with E-state index in [-0.39, 0.29) is 11.3 Å². The number of benzene rings is 1. The van der Waals surface area contributed by atoms with Crippen LogP contribution in [0.2, 0.25) is 0 Å². The molecule has 7 heteroatoms. The monoisotopic (exact) mass is 348 g/mol. The second-order valence-electron chi connectivity index (χ2n) is 6.33. The van der Waals surface area contributed by atoms with E-state index in [9.17, 15) is 9.59 Å². The molecule has 2 rings (SSSR count). The van der Waals surface area contributed by atoms with Crippen LogP contribution >= 0.6 is 11.3 Å². The number of hydrogen-bond acceptors (Lipinski definition) is 5. The summed E-state index contributed by atoms with van der Waals surface area (Å²) in [5, 5.41) is 11.3. The average molecular weight is 348 g/mol. The van der Waals surface area contributed by atoms with Gasteiger partial charge in [-0.3, -0.25) is 4.79 Å². The van der Waals surface area contributed by atoms with Crippen molar-refractivity contribution >= 4 is 28.9 Å². The molecule has 0 radical (unpaired) electrons. The maximum atomic E-state index is 12.5. The molecule has 1 aromatic heterocycles. The summed E-state index contributed by atoms with van der Waals surface area (Å²) < 4.78 is 5.07. The maximum Gasteiger partial charge on any atom is 0.341 e. The van der Waals surface area contributed by atoms with E-state index in [0.29, 0.717) is 17.1 Å². The molecule has 0 aliphatic rings. The molecule has 0 unspecified atom stereocenters. The molecule has 24 heavy (non-hydrogen) atoms. The molecule has 2 aromatic rings. The van der Waals surface area contributed by atoms with Gasteiger partial charge in [0, 0.05) is 23.5 Å². The summed E-state index contributed by atoms with van der Waals surface area (Å²) in [6.45, 7) is 5.77. The quantitative estimate of drug-likeness (QED) is 0.898. The first-order chi connectivity index (χ1) is 11.2. The van der Waals surface area contributed by atoms with Crippen LogP contribution in [-0.2, 0) is 10.2 Å². The normalized spacial score (nSPS) is 11.2. The summed E-state index contributed by atoms with van der Waals surface area (Å²) in [5.74, 6) is -0.795. The number of amides is 1. The molecule has 0 bridgehead atoms. The van der Waals surface area contributed by atoms with Crippen LogP contribution in [0.1, 0.15) is 36.3 Å². The number of carboxylic acids is 1. The number of carbonyl (C=O) groups is 2. The van der Waals surface area contributed by atoms with E-state index in [1.54, 1.807) is 36.7 Å². The Kier molecular flexibility index (Phi) is 5.23. The molecular weight excluding hydrogens is 328 g/mol. The van der Waals surface area contributed by atoms with Gasteiger partial charge in [0.05, 0.1) is 5.01 Å². The van der Waals surface area contributed by atoms with Crippen LogP contribution in [0.5, 0.6) is 5.75 Å². The highest BCUT2D eigenvalue weighted by Crippen LogP contribution is 2.27. The van der Waals surface area contributed by atoms with E-state index >= 15 is 0 Å². The summed E-state index contributed by atoms with van der Waals surface area (Å²) in [6.07, 6.45) is 0. The third kappa shape index (κ3) is 4.32. The van der Waals surface area contributed by atoms with Crippen LogP contribution in [-0.4, -0.2) is 35.6 Å². The zero-order valence-corrected chi connectivity index (χ0v) is 14.9. The Balaban J connectivity index is 2.10. The van der Waals surface area contributed by atoms with Crippen LogP contribution in [0.3, 0.4) is 0 Å². The van der Waals surface area contributed by atoms with Crippen LogP contribution in [0, 0.1) is 0 Å². The van der Waals surface area contributed by atoms with E-state index < -0.39 is 12.6 Å².